The minimum Gasteiger partial charge on any atom is -0.280 e. The van der Waals surface area contributed by atoms with Gasteiger partial charge in [-0.25, -0.2) is 17.2 Å². The van der Waals surface area contributed by atoms with Gasteiger partial charge in [-0.1, -0.05) is 13.3 Å². The molecule has 0 atom stereocenters. The zero-order chi connectivity index (χ0) is 12.2. The monoisotopic (exact) mass is 249 g/mol. The van der Waals surface area contributed by atoms with Gasteiger partial charge in [-0.05, 0) is 18.6 Å². The summed E-state index contributed by atoms with van der Waals surface area (Å²) in [5.41, 5.74) is -0.351. The fourth-order valence-corrected chi connectivity index (χ4v) is 2.39. The normalized spacial score (nSPS) is 11.4. The second-order valence-electron chi connectivity index (χ2n) is 3.40. The van der Waals surface area contributed by atoms with Crippen LogP contribution in [0.25, 0.3) is 0 Å². The van der Waals surface area contributed by atoms with Gasteiger partial charge in [0.15, 0.2) is 0 Å². The number of halogens is 2. The number of unbranched alkanes of at least 4 members (excludes halogenated alkanes) is 1. The van der Waals surface area contributed by atoms with Crippen molar-refractivity contribution in [2.24, 2.45) is 0 Å². The number of rotatable bonds is 5. The van der Waals surface area contributed by atoms with E-state index in [9.17, 15) is 17.2 Å². The molecule has 90 valence electrons. The molecule has 0 radical (unpaired) electrons. The van der Waals surface area contributed by atoms with E-state index in [4.69, 9.17) is 0 Å². The lowest BCUT2D eigenvalue weighted by Gasteiger charge is -2.08. The maximum atomic E-state index is 13.1. The van der Waals surface area contributed by atoms with Gasteiger partial charge in [-0.2, -0.15) is 0 Å². The highest BCUT2D eigenvalue weighted by atomic mass is 32.2. The molecule has 3 nitrogen and oxygen atoms in total. The summed E-state index contributed by atoms with van der Waals surface area (Å²) < 4.78 is 50.8. The molecular weight excluding hydrogens is 236 g/mol. The summed E-state index contributed by atoms with van der Waals surface area (Å²) in [6.07, 6.45) is 1.19. The third-order valence-electron chi connectivity index (χ3n) is 1.96. The van der Waals surface area contributed by atoms with E-state index in [1.807, 2.05) is 11.6 Å². The van der Waals surface area contributed by atoms with Crippen molar-refractivity contribution in [3.05, 3.63) is 29.8 Å². The number of benzene rings is 1. The Morgan fingerprint density at radius 2 is 2.00 bits per heavy atom. The van der Waals surface area contributed by atoms with Crippen molar-refractivity contribution in [3.63, 3.8) is 0 Å². The van der Waals surface area contributed by atoms with E-state index in [0.717, 1.165) is 18.2 Å². The molecule has 0 aromatic heterocycles. The summed E-state index contributed by atoms with van der Waals surface area (Å²) >= 11 is 0. The highest BCUT2D eigenvalue weighted by Crippen LogP contribution is 2.17. The second kappa shape index (κ2) is 5.25. The van der Waals surface area contributed by atoms with Gasteiger partial charge in [0.05, 0.1) is 11.4 Å². The van der Waals surface area contributed by atoms with Crippen molar-refractivity contribution >= 4 is 15.7 Å². The fraction of sp³-hybridized carbons (Fsp3) is 0.400. The Labute approximate surface area is 93.5 Å². The molecule has 1 rings (SSSR count). The minimum atomic E-state index is -3.59. The Morgan fingerprint density at radius 1 is 1.31 bits per heavy atom. The largest absolute Gasteiger partial charge is 0.280 e. The van der Waals surface area contributed by atoms with E-state index >= 15 is 0 Å². The summed E-state index contributed by atoms with van der Waals surface area (Å²) in [4.78, 5) is 0. The summed E-state index contributed by atoms with van der Waals surface area (Å²) in [6.45, 7) is 1.85. The third kappa shape index (κ3) is 3.77. The molecule has 0 aliphatic rings. The topological polar surface area (TPSA) is 46.2 Å². The zero-order valence-electron chi connectivity index (χ0n) is 8.83. The zero-order valence-corrected chi connectivity index (χ0v) is 9.65. The Bertz CT molecular complexity index is 460. The molecule has 0 amide bonds. The molecule has 0 unspecified atom stereocenters. The van der Waals surface area contributed by atoms with Crippen LogP contribution in [0.2, 0.25) is 0 Å². The first-order valence-corrected chi connectivity index (χ1v) is 6.55. The highest BCUT2D eigenvalue weighted by Gasteiger charge is 2.13. The Hall–Kier alpha value is -1.17. The SMILES string of the molecule is CCCCS(=O)(=O)Nc1cc(F)ccc1F. The summed E-state index contributed by atoms with van der Waals surface area (Å²) in [5.74, 6) is -1.57. The standard InChI is InChI=1S/C10H13F2NO2S/c1-2-3-6-16(14,15)13-10-7-8(11)4-5-9(10)12/h4-5,7,13H,2-3,6H2,1H3. The quantitative estimate of drug-likeness (QED) is 0.871. The molecule has 1 aromatic rings. The molecule has 0 spiro atoms. The maximum absolute atomic E-state index is 13.1. The number of anilines is 1. The molecule has 0 aliphatic heterocycles. The fourth-order valence-electron chi connectivity index (χ4n) is 1.13. The van der Waals surface area contributed by atoms with Crippen molar-refractivity contribution < 1.29 is 17.2 Å². The van der Waals surface area contributed by atoms with E-state index in [0.29, 0.717) is 12.8 Å². The van der Waals surface area contributed by atoms with Crippen LogP contribution in [0, 0.1) is 11.6 Å². The molecule has 0 saturated heterocycles. The molecule has 0 aliphatic carbocycles. The van der Waals surface area contributed by atoms with E-state index in [-0.39, 0.29) is 11.4 Å². The molecular formula is C10H13F2NO2S. The molecule has 0 bridgehead atoms. The van der Waals surface area contributed by atoms with Gasteiger partial charge in [-0.3, -0.25) is 4.72 Å². The van der Waals surface area contributed by atoms with Crippen LogP contribution >= 0.6 is 0 Å². The number of nitrogens with one attached hydrogen (secondary N) is 1. The predicted molar refractivity (Wildman–Crippen MR) is 58.7 cm³/mol. The van der Waals surface area contributed by atoms with Gasteiger partial charge in [0.1, 0.15) is 11.6 Å². The van der Waals surface area contributed by atoms with Crippen molar-refractivity contribution in [2.75, 3.05) is 10.5 Å². The van der Waals surface area contributed by atoms with Gasteiger partial charge in [0, 0.05) is 6.07 Å². The Kier molecular flexibility index (Phi) is 4.23. The highest BCUT2D eigenvalue weighted by molar-refractivity contribution is 7.92. The van der Waals surface area contributed by atoms with Crippen LogP contribution < -0.4 is 4.72 Å². The Balaban J connectivity index is 2.83. The van der Waals surface area contributed by atoms with Gasteiger partial charge in [-0.15, -0.1) is 0 Å². The van der Waals surface area contributed by atoms with Gasteiger partial charge in [0.25, 0.3) is 0 Å². The van der Waals surface area contributed by atoms with E-state index in [2.05, 4.69) is 0 Å². The molecule has 1 N–H and O–H groups in total. The molecule has 1 aromatic carbocycles. The molecule has 0 fully saturated rings. The molecule has 0 saturated carbocycles. The van der Waals surface area contributed by atoms with Crippen LogP contribution in [0.5, 0.6) is 0 Å². The van der Waals surface area contributed by atoms with E-state index in [1.54, 1.807) is 0 Å². The predicted octanol–water partition coefficient (Wildman–Crippen LogP) is 2.51. The van der Waals surface area contributed by atoms with Gasteiger partial charge < -0.3 is 0 Å². The van der Waals surface area contributed by atoms with Crippen molar-refractivity contribution in [1.29, 1.82) is 0 Å². The molecule has 0 heterocycles. The smallest absolute Gasteiger partial charge is 0.232 e. The van der Waals surface area contributed by atoms with Gasteiger partial charge >= 0.3 is 0 Å². The number of hydrogen-bond acceptors (Lipinski definition) is 2. The Morgan fingerprint density at radius 3 is 2.62 bits per heavy atom. The van der Waals surface area contributed by atoms with Crippen LogP contribution in [0.4, 0.5) is 14.5 Å². The van der Waals surface area contributed by atoms with Crippen molar-refractivity contribution in [2.45, 2.75) is 19.8 Å². The van der Waals surface area contributed by atoms with E-state index in [1.165, 1.54) is 0 Å². The van der Waals surface area contributed by atoms with Crippen LogP contribution in [0.15, 0.2) is 18.2 Å². The van der Waals surface area contributed by atoms with E-state index < -0.39 is 21.7 Å². The number of sulfonamides is 1. The first-order valence-electron chi connectivity index (χ1n) is 4.90. The average Bonchev–Trinajstić information content (AvgIpc) is 2.20. The third-order valence-corrected chi connectivity index (χ3v) is 3.32. The van der Waals surface area contributed by atoms with Crippen LogP contribution in [-0.4, -0.2) is 14.2 Å². The summed E-state index contributed by atoms with van der Waals surface area (Å²) in [5, 5.41) is 0. The second-order valence-corrected chi connectivity index (χ2v) is 5.24. The van der Waals surface area contributed by atoms with Crippen LogP contribution in [0.1, 0.15) is 19.8 Å². The maximum Gasteiger partial charge on any atom is 0.232 e. The van der Waals surface area contributed by atoms with Crippen LogP contribution in [-0.2, 0) is 10.0 Å². The average molecular weight is 249 g/mol. The minimum absolute atomic E-state index is 0.0978. The lowest BCUT2D eigenvalue weighted by Crippen LogP contribution is -2.17. The summed E-state index contributed by atoms with van der Waals surface area (Å²) in [7, 11) is -3.59. The molecule has 16 heavy (non-hydrogen) atoms. The molecule has 6 heteroatoms. The number of hydrogen-bond donors (Lipinski definition) is 1. The lowest BCUT2D eigenvalue weighted by atomic mass is 10.3. The summed E-state index contributed by atoms with van der Waals surface area (Å²) in [6, 6.07) is 2.63. The lowest BCUT2D eigenvalue weighted by molar-refractivity contribution is 0.592. The first-order chi connectivity index (χ1) is 7.44. The first kappa shape index (κ1) is 12.9. The van der Waals surface area contributed by atoms with Crippen molar-refractivity contribution in [1.82, 2.24) is 0 Å². The van der Waals surface area contributed by atoms with Crippen molar-refractivity contribution in [3.8, 4) is 0 Å². The van der Waals surface area contributed by atoms with Gasteiger partial charge in [0.2, 0.25) is 10.0 Å². The van der Waals surface area contributed by atoms with Crippen LogP contribution in [0.3, 0.4) is 0 Å².